The van der Waals surface area contributed by atoms with Crippen molar-refractivity contribution < 1.29 is 18.3 Å². The summed E-state index contributed by atoms with van der Waals surface area (Å²) in [6, 6.07) is 0. The summed E-state index contributed by atoms with van der Waals surface area (Å²) >= 11 is 0. The molecule has 1 saturated heterocycles. The summed E-state index contributed by atoms with van der Waals surface area (Å²) in [5, 5.41) is 11.7. The van der Waals surface area contributed by atoms with Gasteiger partial charge in [-0.15, -0.1) is 0 Å². The van der Waals surface area contributed by atoms with Crippen LogP contribution in [0.1, 0.15) is 12.8 Å². The molecule has 0 saturated carbocycles. The predicted molar refractivity (Wildman–Crippen MR) is 37.7 cm³/mol. The maximum absolute atomic E-state index is 12.0. The number of aliphatic hydroxyl groups excluding tert-OH is 1. The van der Waals surface area contributed by atoms with Crippen LogP contribution in [0.3, 0.4) is 0 Å². The van der Waals surface area contributed by atoms with Crippen molar-refractivity contribution >= 4 is 0 Å². The Morgan fingerprint density at radius 2 is 2.08 bits per heavy atom. The van der Waals surface area contributed by atoms with Crippen LogP contribution in [0.25, 0.3) is 0 Å². The van der Waals surface area contributed by atoms with Crippen molar-refractivity contribution in [1.29, 1.82) is 0 Å². The molecule has 1 rings (SSSR count). The van der Waals surface area contributed by atoms with Crippen molar-refractivity contribution in [3.05, 3.63) is 0 Å². The second-order valence-corrected chi connectivity index (χ2v) is 3.09. The molecule has 0 spiro atoms. The summed E-state index contributed by atoms with van der Waals surface area (Å²) in [6.45, 7) is 1.02. The van der Waals surface area contributed by atoms with E-state index in [1.807, 2.05) is 0 Å². The first-order chi connectivity index (χ1) is 5.52. The summed E-state index contributed by atoms with van der Waals surface area (Å²) in [7, 11) is 0. The first kappa shape index (κ1) is 9.80. The second kappa shape index (κ2) is 3.62. The van der Waals surface area contributed by atoms with E-state index >= 15 is 0 Å². The van der Waals surface area contributed by atoms with E-state index in [4.69, 9.17) is 5.11 Å². The molecule has 0 aromatic carbocycles. The van der Waals surface area contributed by atoms with Crippen LogP contribution in [0.5, 0.6) is 0 Å². The Morgan fingerprint density at radius 1 is 1.42 bits per heavy atom. The monoisotopic (exact) mass is 183 g/mol. The van der Waals surface area contributed by atoms with E-state index in [1.54, 1.807) is 0 Å². The Kier molecular flexibility index (Phi) is 2.95. The van der Waals surface area contributed by atoms with E-state index in [9.17, 15) is 13.2 Å². The Bertz CT molecular complexity index is 142. The lowest BCUT2D eigenvalue weighted by Crippen LogP contribution is -2.43. The van der Waals surface area contributed by atoms with Gasteiger partial charge in [0.05, 0.1) is 0 Å². The van der Waals surface area contributed by atoms with Crippen LogP contribution in [-0.2, 0) is 0 Å². The molecule has 12 heavy (non-hydrogen) atoms. The minimum atomic E-state index is -4.47. The molecule has 2 atom stereocenters. The fourth-order valence-electron chi connectivity index (χ4n) is 1.42. The average molecular weight is 183 g/mol. The summed E-state index contributed by atoms with van der Waals surface area (Å²) in [5.41, 5.74) is 0. The third-order valence-corrected chi connectivity index (χ3v) is 2.12. The first-order valence-corrected chi connectivity index (χ1v) is 3.97. The van der Waals surface area contributed by atoms with Gasteiger partial charge in [-0.25, -0.2) is 0 Å². The van der Waals surface area contributed by atoms with E-state index in [1.165, 1.54) is 0 Å². The van der Waals surface area contributed by atoms with Crippen molar-refractivity contribution in [1.82, 2.24) is 5.32 Å². The molecule has 0 aliphatic carbocycles. The van der Waals surface area contributed by atoms with E-state index in [0.717, 1.165) is 6.54 Å². The van der Waals surface area contributed by atoms with Gasteiger partial charge in [0, 0.05) is 12.5 Å². The number of aliphatic hydroxyl groups is 1. The van der Waals surface area contributed by atoms with Gasteiger partial charge >= 0.3 is 6.18 Å². The van der Waals surface area contributed by atoms with Gasteiger partial charge in [0.25, 0.3) is 0 Å². The van der Waals surface area contributed by atoms with Crippen LogP contribution in [-0.4, -0.2) is 30.5 Å². The molecule has 0 bridgehead atoms. The summed E-state index contributed by atoms with van der Waals surface area (Å²) in [5.74, 6) is -0.668. The maximum atomic E-state index is 12.0. The van der Waals surface area contributed by atoms with Gasteiger partial charge in [-0.05, 0) is 19.4 Å². The lowest BCUT2D eigenvalue weighted by Gasteiger charge is -2.28. The number of halogens is 3. The highest BCUT2D eigenvalue weighted by Gasteiger charge is 2.43. The quantitative estimate of drug-likeness (QED) is 0.633. The molecule has 0 unspecified atom stereocenters. The van der Waals surface area contributed by atoms with Gasteiger partial charge in [-0.2, -0.15) is 13.2 Å². The molecule has 0 aromatic heterocycles. The number of hydrogen-bond donors (Lipinski definition) is 2. The van der Waals surface area contributed by atoms with Crippen LogP contribution >= 0.6 is 0 Å². The minimum Gasteiger partial charge on any atom is -0.383 e. The number of rotatable bonds is 1. The predicted octanol–water partition coefficient (Wildman–Crippen LogP) is 0.909. The third kappa shape index (κ3) is 2.35. The van der Waals surface area contributed by atoms with Crippen LogP contribution in [0.4, 0.5) is 13.2 Å². The zero-order chi connectivity index (χ0) is 9.19. The molecule has 0 amide bonds. The Hall–Kier alpha value is -0.290. The van der Waals surface area contributed by atoms with E-state index in [0.29, 0.717) is 12.8 Å². The van der Waals surface area contributed by atoms with Gasteiger partial charge < -0.3 is 10.4 Å². The largest absolute Gasteiger partial charge is 0.414 e. The highest BCUT2D eigenvalue weighted by molar-refractivity contribution is 4.80. The highest BCUT2D eigenvalue weighted by Crippen LogP contribution is 2.28. The molecule has 2 nitrogen and oxygen atoms in total. The number of nitrogens with one attached hydrogen (secondary N) is 1. The topological polar surface area (TPSA) is 32.3 Å². The van der Waals surface area contributed by atoms with Gasteiger partial charge in [-0.3, -0.25) is 0 Å². The summed E-state index contributed by atoms with van der Waals surface area (Å²) < 4.78 is 35.9. The van der Waals surface area contributed by atoms with E-state index in [-0.39, 0.29) is 6.54 Å². The van der Waals surface area contributed by atoms with Gasteiger partial charge in [-0.1, -0.05) is 0 Å². The van der Waals surface area contributed by atoms with Crippen LogP contribution in [0.2, 0.25) is 0 Å². The van der Waals surface area contributed by atoms with Crippen molar-refractivity contribution in [3.8, 4) is 0 Å². The Morgan fingerprint density at radius 3 is 2.50 bits per heavy atom. The number of piperidine rings is 1. The minimum absolute atomic E-state index is 0.265. The maximum Gasteiger partial charge on any atom is 0.414 e. The average Bonchev–Trinajstić information content (AvgIpc) is 2.03. The molecule has 1 aliphatic heterocycles. The molecule has 1 heterocycles. The SMILES string of the molecule is O[C@@H]([C@H]1CCCNC1)C(F)(F)F. The normalized spacial score (nSPS) is 28.5. The molecular weight excluding hydrogens is 171 g/mol. The fraction of sp³-hybridized carbons (Fsp3) is 1.00. The zero-order valence-electron chi connectivity index (χ0n) is 6.56. The van der Waals surface area contributed by atoms with Gasteiger partial charge in [0.2, 0.25) is 0 Å². The standard InChI is InChI=1S/C7H12F3NO/c8-7(9,10)6(12)5-2-1-3-11-4-5/h5-6,11-12H,1-4H2/t5-,6-/m0/s1. The van der Waals surface area contributed by atoms with Crippen molar-refractivity contribution in [2.24, 2.45) is 5.92 Å². The Labute approximate surface area is 68.8 Å². The van der Waals surface area contributed by atoms with Gasteiger partial charge in [0.15, 0.2) is 6.10 Å². The molecule has 0 radical (unpaired) electrons. The van der Waals surface area contributed by atoms with Crippen molar-refractivity contribution in [2.75, 3.05) is 13.1 Å². The van der Waals surface area contributed by atoms with Gasteiger partial charge in [0.1, 0.15) is 0 Å². The van der Waals surface area contributed by atoms with Crippen LogP contribution in [0.15, 0.2) is 0 Å². The third-order valence-electron chi connectivity index (χ3n) is 2.12. The molecule has 72 valence electrons. The van der Waals surface area contributed by atoms with Crippen LogP contribution in [0, 0.1) is 5.92 Å². The summed E-state index contributed by atoms with van der Waals surface area (Å²) in [4.78, 5) is 0. The Balaban J connectivity index is 2.45. The molecule has 0 aromatic rings. The van der Waals surface area contributed by atoms with E-state index < -0.39 is 18.2 Å². The smallest absolute Gasteiger partial charge is 0.383 e. The van der Waals surface area contributed by atoms with Crippen molar-refractivity contribution in [3.63, 3.8) is 0 Å². The lowest BCUT2D eigenvalue weighted by molar-refractivity contribution is -0.220. The molecular formula is C7H12F3NO. The lowest BCUT2D eigenvalue weighted by atomic mass is 9.93. The fourth-order valence-corrected chi connectivity index (χ4v) is 1.42. The number of alkyl halides is 3. The zero-order valence-corrected chi connectivity index (χ0v) is 6.56. The summed E-state index contributed by atoms with van der Waals surface area (Å²) in [6.07, 6.45) is -5.47. The van der Waals surface area contributed by atoms with Crippen molar-refractivity contribution in [2.45, 2.75) is 25.1 Å². The van der Waals surface area contributed by atoms with Crippen LogP contribution < -0.4 is 5.32 Å². The highest BCUT2D eigenvalue weighted by atomic mass is 19.4. The molecule has 5 heteroatoms. The second-order valence-electron chi connectivity index (χ2n) is 3.09. The molecule has 1 fully saturated rings. The molecule has 1 aliphatic rings. The number of hydrogen-bond acceptors (Lipinski definition) is 2. The molecule has 2 N–H and O–H groups in total. The van der Waals surface area contributed by atoms with E-state index in [2.05, 4.69) is 5.32 Å². The first-order valence-electron chi connectivity index (χ1n) is 3.97.